The maximum absolute atomic E-state index is 3.55. The molecule has 0 saturated carbocycles. The molecule has 1 aromatic rings. The smallest absolute Gasteiger partial charge is 0.0965 e. The van der Waals surface area contributed by atoms with Crippen molar-refractivity contribution in [2.24, 2.45) is 0 Å². The van der Waals surface area contributed by atoms with Crippen molar-refractivity contribution < 1.29 is 4.48 Å². The van der Waals surface area contributed by atoms with E-state index in [2.05, 4.69) is 58.9 Å². The molecular weight excluding hydrogens is 276 g/mol. The Morgan fingerprint density at radius 3 is 2.35 bits per heavy atom. The predicted octanol–water partition coefficient (Wildman–Crippen LogP) is 3.13. The normalized spacial score (nSPS) is 19.4. The van der Waals surface area contributed by atoms with Crippen LogP contribution < -0.4 is 4.90 Å². The van der Waals surface area contributed by atoms with E-state index in [1.165, 1.54) is 53.9 Å². The van der Waals surface area contributed by atoms with E-state index in [1.54, 1.807) is 0 Å². The minimum atomic E-state index is 1.17. The summed E-state index contributed by atoms with van der Waals surface area (Å²) in [5, 5.41) is 0. The first-order valence-electron chi connectivity index (χ1n) is 6.55. The Hall–Kier alpha value is -0.540. The van der Waals surface area contributed by atoms with E-state index in [0.29, 0.717) is 0 Å². The zero-order valence-corrected chi connectivity index (χ0v) is 12.4. The van der Waals surface area contributed by atoms with Gasteiger partial charge in [0.2, 0.25) is 0 Å². The molecule has 1 aliphatic heterocycles. The molecule has 94 valence electrons. The van der Waals surface area contributed by atoms with Gasteiger partial charge in [-0.3, -0.25) is 0 Å². The summed E-state index contributed by atoms with van der Waals surface area (Å²) in [6.45, 7) is 12.1. The fourth-order valence-electron chi connectivity index (χ4n) is 2.68. The summed E-state index contributed by atoms with van der Waals surface area (Å²) in [6.07, 6.45) is 0. The van der Waals surface area contributed by atoms with Crippen molar-refractivity contribution >= 4 is 21.6 Å². The number of likely N-dealkylation sites (N-methyl/N-ethyl adjacent to an activating group) is 1. The van der Waals surface area contributed by atoms with Crippen LogP contribution in [0, 0.1) is 0 Å². The van der Waals surface area contributed by atoms with Gasteiger partial charge in [0.05, 0.1) is 39.3 Å². The van der Waals surface area contributed by atoms with Crippen LogP contribution >= 0.6 is 15.9 Å². The fourth-order valence-corrected chi connectivity index (χ4v) is 3.06. The first kappa shape index (κ1) is 12.9. The van der Waals surface area contributed by atoms with E-state index in [4.69, 9.17) is 0 Å². The molecule has 1 fully saturated rings. The SMILES string of the molecule is CC[N+]1(CC)CCN(c2cccc(Br)c2)CC1. The number of rotatable bonds is 3. The van der Waals surface area contributed by atoms with E-state index >= 15 is 0 Å². The number of benzene rings is 1. The molecule has 1 saturated heterocycles. The van der Waals surface area contributed by atoms with Crippen molar-refractivity contribution in [1.29, 1.82) is 0 Å². The quantitative estimate of drug-likeness (QED) is 0.775. The molecule has 17 heavy (non-hydrogen) atoms. The largest absolute Gasteiger partial charge is 0.360 e. The van der Waals surface area contributed by atoms with E-state index in [9.17, 15) is 0 Å². The van der Waals surface area contributed by atoms with Crippen LogP contribution in [0.25, 0.3) is 0 Å². The van der Waals surface area contributed by atoms with Crippen molar-refractivity contribution in [3.63, 3.8) is 0 Å². The van der Waals surface area contributed by atoms with E-state index in [0.717, 1.165) is 0 Å². The van der Waals surface area contributed by atoms with Crippen LogP contribution in [-0.2, 0) is 0 Å². The van der Waals surface area contributed by atoms with Crippen molar-refractivity contribution in [1.82, 2.24) is 0 Å². The number of hydrogen-bond acceptors (Lipinski definition) is 1. The first-order chi connectivity index (χ1) is 8.19. The highest BCUT2D eigenvalue weighted by Crippen LogP contribution is 2.23. The maximum Gasteiger partial charge on any atom is 0.0965 e. The number of quaternary nitrogens is 1. The average Bonchev–Trinajstić information content (AvgIpc) is 2.39. The van der Waals surface area contributed by atoms with E-state index in [1.807, 2.05) is 0 Å². The second-order valence-corrected chi connectivity index (χ2v) is 5.80. The predicted molar refractivity (Wildman–Crippen MR) is 77.4 cm³/mol. The van der Waals surface area contributed by atoms with Crippen LogP contribution in [0.2, 0.25) is 0 Å². The second kappa shape index (κ2) is 5.40. The molecule has 0 aromatic heterocycles. The summed E-state index contributed by atoms with van der Waals surface area (Å²) in [4.78, 5) is 2.51. The summed E-state index contributed by atoms with van der Waals surface area (Å²) in [7, 11) is 0. The average molecular weight is 298 g/mol. The van der Waals surface area contributed by atoms with Gasteiger partial charge in [0.25, 0.3) is 0 Å². The van der Waals surface area contributed by atoms with E-state index < -0.39 is 0 Å². The topological polar surface area (TPSA) is 3.24 Å². The minimum Gasteiger partial charge on any atom is -0.360 e. The summed E-state index contributed by atoms with van der Waals surface area (Å²) >= 11 is 3.55. The number of piperazine rings is 1. The Morgan fingerprint density at radius 2 is 1.82 bits per heavy atom. The Labute approximate surface area is 113 Å². The third-order valence-electron chi connectivity index (χ3n) is 4.20. The number of nitrogens with zero attached hydrogens (tertiary/aromatic N) is 2. The summed E-state index contributed by atoms with van der Waals surface area (Å²) in [5.41, 5.74) is 1.35. The molecule has 3 heteroatoms. The van der Waals surface area contributed by atoms with Gasteiger partial charge in [0.1, 0.15) is 0 Å². The van der Waals surface area contributed by atoms with Gasteiger partial charge in [0, 0.05) is 10.2 Å². The molecule has 0 amide bonds. The fraction of sp³-hybridized carbons (Fsp3) is 0.571. The molecule has 0 atom stereocenters. The summed E-state index contributed by atoms with van der Waals surface area (Å²) in [6, 6.07) is 8.64. The van der Waals surface area contributed by atoms with Gasteiger partial charge in [-0.1, -0.05) is 22.0 Å². The number of anilines is 1. The standard InChI is InChI=1S/C14H22BrN2/c1-3-17(4-2)10-8-16(9-11-17)14-7-5-6-13(15)12-14/h5-7,12H,3-4,8-11H2,1-2H3/q+1. The zero-order valence-electron chi connectivity index (χ0n) is 10.8. The third kappa shape index (κ3) is 2.83. The molecule has 0 bridgehead atoms. The first-order valence-corrected chi connectivity index (χ1v) is 7.34. The highest BCUT2D eigenvalue weighted by Gasteiger charge is 2.29. The van der Waals surface area contributed by atoms with Gasteiger partial charge < -0.3 is 9.38 Å². The molecule has 0 unspecified atom stereocenters. The van der Waals surface area contributed by atoms with Gasteiger partial charge in [-0.25, -0.2) is 0 Å². The molecular formula is C14H22BrN2+. The van der Waals surface area contributed by atoms with Crippen LogP contribution in [-0.4, -0.2) is 43.8 Å². The molecule has 2 rings (SSSR count). The molecule has 2 nitrogen and oxygen atoms in total. The molecule has 0 radical (unpaired) electrons. The summed E-state index contributed by atoms with van der Waals surface area (Å²) < 4.78 is 2.46. The molecule has 1 aromatic carbocycles. The lowest BCUT2D eigenvalue weighted by Crippen LogP contribution is -2.59. The Balaban J connectivity index is 2.04. The minimum absolute atomic E-state index is 1.17. The molecule has 1 aliphatic rings. The monoisotopic (exact) mass is 297 g/mol. The number of halogens is 1. The van der Waals surface area contributed by atoms with Crippen LogP contribution in [0.4, 0.5) is 5.69 Å². The lowest BCUT2D eigenvalue weighted by Gasteiger charge is -2.44. The number of hydrogen-bond donors (Lipinski definition) is 0. The highest BCUT2D eigenvalue weighted by molar-refractivity contribution is 9.10. The van der Waals surface area contributed by atoms with Gasteiger partial charge in [-0.05, 0) is 32.0 Å². The van der Waals surface area contributed by atoms with Crippen LogP contribution in [0.15, 0.2) is 28.7 Å². The maximum atomic E-state index is 3.55. The zero-order chi connectivity index (χ0) is 12.3. The van der Waals surface area contributed by atoms with Gasteiger partial charge in [0.15, 0.2) is 0 Å². The van der Waals surface area contributed by atoms with Gasteiger partial charge >= 0.3 is 0 Å². The molecule has 1 heterocycles. The van der Waals surface area contributed by atoms with Gasteiger partial charge in [-0.15, -0.1) is 0 Å². The van der Waals surface area contributed by atoms with Crippen molar-refractivity contribution in [2.45, 2.75) is 13.8 Å². The Bertz CT molecular complexity index is 364. The molecule has 0 N–H and O–H groups in total. The van der Waals surface area contributed by atoms with Crippen LogP contribution in [0.1, 0.15) is 13.8 Å². The lowest BCUT2D eigenvalue weighted by molar-refractivity contribution is -0.925. The van der Waals surface area contributed by atoms with E-state index in [-0.39, 0.29) is 0 Å². The molecule has 0 spiro atoms. The van der Waals surface area contributed by atoms with Crippen LogP contribution in [0.3, 0.4) is 0 Å². The van der Waals surface area contributed by atoms with Crippen molar-refractivity contribution in [3.8, 4) is 0 Å². The highest BCUT2D eigenvalue weighted by atomic mass is 79.9. The van der Waals surface area contributed by atoms with Crippen molar-refractivity contribution in [2.75, 3.05) is 44.2 Å². The lowest BCUT2D eigenvalue weighted by atomic mass is 10.2. The Kier molecular flexibility index (Phi) is 4.10. The summed E-state index contributed by atoms with van der Waals surface area (Å²) in [5.74, 6) is 0. The third-order valence-corrected chi connectivity index (χ3v) is 4.70. The molecule has 0 aliphatic carbocycles. The van der Waals surface area contributed by atoms with Crippen molar-refractivity contribution in [3.05, 3.63) is 28.7 Å². The van der Waals surface area contributed by atoms with Gasteiger partial charge in [-0.2, -0.15) is 0 Å². The second-order valence-electron chi connectivity index (χ2n) is 4.89. The van der Waals surface area contributed by atoms with Crippen LogP contribution in [0.5, 0.6) is 0 Å². The Morgan fingerprint density at radius 1 is 1.18 bits per heavy atom.